The third-order valence-corrected chi connectivity index (χ3v) is 1.21. The lowest BCUT2D eigenvalue weighted by Crippen LogP contribution is -1.95. The fraction of sp³-hybridized carbons (Fsp3) is 0.750. The second-order valence-electron chi connectivity index (χ2n) is 2.05. The Morgan fingerprint density at radius 3 is 2.44 bits per heavy atom. The van der Waals surface area contributed by atoms with Crippen LogP contribution >= 0.6 is 11.8 Å². The van der Waals surface area contributed by atoms with Crippen molar-refractivity contribution in [2.45, 2.75) is 19.8 Å². The first-order chi connectivity index (χ1) is 4.22. The maximum Gasteiger partial charge on any atom is 0.172 e. The van der Waals surface area contributed by atoms with Crippen LogP contribution in [0.2, 0.25) is 0 Å². The first-order valence-electron chi connectivity index (χ1n) is 2.66. The predicted octanol–water partition coefficient (Wildman–Crippen LogP) is 0.798. The number of nitrogens with zero attached hydrogens (tertiary/aromatic N) is 4. The predicted molar refractivity (Wildman–Crippen MR) is 33.2 cm³/mol. The van der Waals surface area contributed by atoms with E-state index >= 15 is 0 Å². The Morgan fingerprint density at radius 2 is 2.22 bits per heavy atom. The van der Waals surface area contributed by atoms with Gasteiger partial charge < -0.3 is 0 Å². The smallest absolute Gasteiger partial charge is 0.136 e. The van der Waals surface area contributed by atoms with E-state index in [-0.39, 0.29) is 5.92 Å². The lowest BCUT2D eigenvalue weighted by molar-refractivity contribution is 0.754. The van der Waals surface area contributed by atoms with Crippen molar-refractivity contribution in [2.24, 2.45) is 0 Å². The normalized spacial score (nSPS) is 10.7. The zero-order valence-corrected chi connectivity index (χ0v) is 6.00. The van der Waals surface area contributed by atoms with Crippen molar-refractivity contribution in [3.63, 3.8) is 0 Å². The summed E-state index contributed by atoms with van der Waals surface area (Å²) < 4.78 is 1.16. The molecular formula is C4H7ClN4. The summed E-state index contributed by atoms with van der Waals surface area (Å²) in [5.41, 5.74) is 0. The summed E-state index contributed by atoms with van der Waals surface area (Å²) in [6.45, 7) is 3.95. The molecule has 0 radical (unpaired) electrons. The molecule has 9 heavy (non-hydrogen) atoms. The van der Waals surface area contributed by atoms with Crippen molar-refractivity contribution in [1.29, 1.82) is 0 Å². The molecule has 0 bridgehead atoms. The molecule has 1 aromatic rings. The van der Waals surface area contributed by atoms with Gasteiger partial charge in [0.25, 0.3) is 0 Å². The molecule has 5 heteroatoms. The Labute approximate surface area is 57.9 Å². The highest BCUT2D eigenvalue weighted by molar-refractivity contribution is 6.14. The van der Waals surface area contributed by atoms with E-state index in [0.717, 1.165) is 4.20 Å². The molecule has 0 aliphatic heterocycles. The molecule has 0 N–H and O–H groups in total. The van der Waals surface area contributed by atoms with Gasteiger partial charge >= 0.3 is 0 Å². The van der Waals surface area contributed by atoms with Crippen LogP contribution in [0.3, 0.4) is 0 Å². The quantitative estimate of drug-likeness (QED) is 0.589. The van der Waals surface area contributed by atoms with Crippen molar-refractivity contribution >= 4 is 11.8 Å². The van der Waals surface area contributed by atoms with Crippen molar-refractivity contribution < 1.29 is 0 Å². The van der Waals surface area contributed by atoms with Gasteiger partial charge in [0, 0.05) is 17.7 Å². The van der Waals surface area contributed by atoms with Gasteiger partial charge in [-0.05, 0) is 10.4 Å². The van der Waals surface area contributed by atoms with Crippen LogP contribution in [0.25, 0.3) is 0 Å². The van der Waals surface area contributed by atoms with Crippen LogP contribution in [0.5, 0.6) is 0 Å². The van der Waals surface area contributed by atoms with Crippen LogP contribution in [0.4, 0.5) is 0 Å². The van der Waals surface area contributed by atoms with Crippen LogP contribution < -0.4 is 0 Å². The Hall–Kier alpha value is -0.640. The Morgan fingerprint density at radius 1 is 1.56 bits per heavy atom. The minimum absolute atomic E-state index is 0.275. The van der Waals surface area contributed by atoms with Gasteiger partial charge in [-0.15, -0.1) is 9.30 Å². The van der Waals surface area contributed by atoms with Crippen molar-refractivity contribution in [2.75, 3.05) is 0 Å². The van der Waals surface area contributed by atoms with Gasteiger partial charge in [0.05, 0.1) is 0 Å². The van der Waals surface area contributed by atoms with Gasteiger partial charge in [-0.2, -0.15) is 0 Å². The average Bonchev–Trinajstić information content (AvgIpc) is 2.13. The van der Waals surface area contributed by atoms with Gasteiger partial charge in [-0.3, -0.25) is 0 Å². The van der Waals surface area contributed by atoms with Gasteiger partial charge in [0.2, 0.25) is 0 Å². The summed E-state index contributed by atoms with van der Waals surface area (Å²) in [6.07, 6.45) is 0. The molecule has 0 saturated heterocycles. The molecule has 0 atom stereocenters. The Balaban J connectivity index is 2.94. The number of hydrogen-bond donors (Lipinski definition) is 0. The molecule has 0 aromatic carbocycles. The second kappa shape index (κ2) is 2.31. The molecule has 0 spiro atoms. The maximum absolute atomic E-state index is 5.52. The standard InChI is InChI=1S/C4H7ClN4/c1-3(2)4-6-7-8-9(4)5/h3H,1-2H3. The molecule has 0 aliphatic rings. The lowest BCUT2D eigenvalue weighted by Gasteiger charge is -1.96. The van der Waals surface area contributed by atoms with Gasteiger partial charge in [0.1, 0.15) is 0 Å². The topological polar surface area (TPSA) is 43.6 Å². The van der Waals surface area contributed by atoms with E-state index in [1.54, 1.807) is 0 Å². The Bertz CT molecular complexity index is 194. The SMILES string of the molecule is CC(C)c1nnnn1Cl. The van der Waals surface area contributed by atoms with Crippen molar-refractivity contribution in [3.8, 4) is 0 Å². The van der Waals surface area contributed by atoms with E-state index in [0.29, 0.717) is 5.82 Å². The molecule has 0 saturated carbocycles. The Kier molecular flexibility index (Phi) is 1.66. The summed E-state index contributed by atoms with van der Waals surface area (Å²) in [7, 11) is 0. The molecule has 0 fully saturated rings. The zero-order valence-electron chi connectivity index (χ0n) is 5.24. The fourth-order valence-corrected chi connectivity index (χ4v) is 0.771. The van der Waals surface area contributed by atoms with E-state index in [1.807, 2.05) is 13.8 Å². The van der Waals surface area contributed by atoms with Crippen LogP contribution in [-0.2, 0) is 0 Å². The number of hydrogen-bond acceptors (Lipinski definition) is 3. The summed E-state index contributed by atoms with van der Waals surface area (Å²) in [4.78, 5) is 0. The third-order valence-electron chi connectivity index (χ3n) is 0.971. The molecule has 50 valence electrons. The molecule has 1 rings (SSSR count). The largest absolute Gasteiger partial charge is 0.172 e. The highest BCUT2D eigenvalue weighted by atomic mass is 35.5. The van der Waals surface area contributed by atoms with Crippen molar-refractivity contribution in [1.82, 2.24) is 19.7 Å². The van der Waals surface area contributed by atoms with E-state index in [9.17, 15) is 0 Å². The number of rotatable bonds is 1. The molecule has 0 aliphatic carbocycles. The van der Waals surface area contributed by atoms with Crippen LogP contribution in [0.15, 0.2) is 0 Å². The minimum atomic E-state index is 0.275. The molecule has 0 amide bonds. The zero-order chi connectivity index (χ0) is 6.85. The maximum atomic E-state index is 5.52. The summed E-state index contributed by atoms with van der Waals surface area (Å²) in [5, 5.41) is 10.5. The summed E-state index contributed by atoms with van der Waals surface area (Å²) in [5.74, 6) is 0.967. The molecule has 1 heterocycles. The third kappa shape index (κ3) is 1.18. The fourth-order valence-electron chi connectivity index (χ4n) is 0.512. The molecular weight excluding hydrogens is 140 g/mol. The van der Waals surface area contributed by atoms with Crippen LogP contribution in [-0.4, -0.2) is 19.7 Å². The van der Waals surface area contributed by atoms with Crippen LogP contribution in [0.1, 0.15) is 25.6 Å². The first kappa shape index (κ1) is 6.48. The monoisotopic (exact) mass is 146 g/mol. The van der Waals surface area contributed by atoms with Crippen molar-refractivity contribution in [3.05, 3.63) is 5.82 Å². The van der Waals surface area contributed by atoms with Crippen LogP contribution in [0, 0.1) is 0 Å². The number of halogens is 1. The van der Waals surface area contributed by atoms with E-state index < -0.39 is 0 Å². The average molecular weight is 147 g/mol. The van der Waals surface area contributed by atoms with E-state index in [4.69, 9.17) is 11.8 Å². The minimum Gasteiger partial charge on any atom is -0.136 e. The molecule has 0 unspecified atom stereocenters. The van der Waals surface area contributed by atoms with Gasteiger partial charge in [0.15, 0.2) is 5.82 Å². The lowest BCUT2D eigenvalue weighted by atomic mass is 10.2. The number of aromatic nitrogens is 4. The first-order valence-corrected chi connectivity index (χ1v) is 3.00. The number of tetrazole rings is 1. The molecule has 1 aromatic heterocycles. The van der Waals surface area contributed by atoms with E-state index in [1.165, 1.54) is 0 Å². The highest BCUT2D eigenvalue weighted by Gasteiger charge is 2.06. The van der Waals surface area contributed by atoms with E-state index in [2.05, 4.69) is 15.5 Å². The summed E-state index contributed by atoms with van der Waals surface area (Å²) in [6, 6.07) is 0. The highest BCUT2D eigenvalue weighted by Crippen LogP contribution is 2.08. The molecule has 4 nitrogen and oxygen atoms in total. The summed E-state index contributed by atoms with van der Waals surface area (Å²) >= 11 is 5.52. The second-order valence-corrected chi connectivity index (χ2v) is 2.37. The van der Waals surface area contributed by atoms with Gasteiger partial charge in [-0.25, -0.2) is 0 Å². The van der Waals surface area contributed by atoms with Gasteiger partial charge in [-0.1, -0.05) is 13.8 Å².